The Morgan fingerprint density at radius 3 is 3.11 bits per heavy atom. The first kappa shape index (κ1) is 13.1. The van der Waals surface area contributed by atoms with Crippen molar-refractivity contribution in [3.63, 3.8) is 0 Å². The smallest absolute Gasteiger partial charge is 0.239 e. The monoisotopic (exact) mass is 327 g/mol. The van der Waals surface area contributed by atoms with Gasteiger partial charge in [0, 0.05) is 12.7 Å². The molecule has 0 spiro atoms. The Bertz CT molecular complexity index is 456. The minimum atomic E-state index is 0.332. The van der Waals surface area contributed by atoms with Crippen LogP contribution in [0.2, 0.25) is 0 Å². The average molecular weight is 328 g/mol. The summed E-state index contributed by atoms with van der Waals surface area (Å²) in [7, 11) is 0. The van der Waals surface area contributed by atoms with Crippen LogP contribution in [0.4, 0.5) is 11.8 Å². The van der Waals surface area contributed by atoms with Gasteiger partial charge in [0.05, 0.1) is 23.2 Å². The SMILES string of the molecule is NNc1ncc(Br)c(N2CCOC3CCCCC32)n1. The second kappa shape index (κ2) is 5.60. The third-order valence-electron chi connectivity index (χ3n) is 3.86. The van der Waals surface area contributed by atoms with E-state index in [2.05, 4.69) is 36.2 Å². The Morgan fingerprint density at radius 1 is 1.42 bits per heavy atom. The van der Waals surface area contributed by atoms with E-state index in [9.17, 15) is 0 Å². The molecule has 0 radical (unpaired) electrons. The molecule has 0 aromatic carbocycles. The van der Waals surface area contributed by atoms with Crippen LogP contribution in [0.5, 0.6) is 0 Å². The number of hydrogen-bond donors (Lipinski definition) is 2. The summed E-state index contributed by atoms with van der Waals surface area (Å²) in [6.07, 6.45) is 6.89. The summed E-state index contributed by atoms with van der Waals surface area (Å²) >= 11 is 3.54. The van der Waals surface area contributed by atoms with Crippen molar-refractivity contribution in [2.24, 2.45) is 5.84 Å². The third-order valence-corrected chi connectivity index (χ3v) is 4.42. The lowest BCUT2D eigenvalue weighted by atomic mass is 9.90. The summed E-state index contributed by atoms with van der Waals surface area (Å²) < 4.78 is 6.79. The van der Waals surface area contributed by atoms with E-state index >= 15 is 0 Å². The van der Waals surface area contributed by atoms with Gasteiger partial charge in [-0.25, -0.2) is 10.8 Å². The first-order valence-electron chi connectivity index (χ1n) is 6.67. The maximum atomic E-state index is 5.89. The molecule has 2 aliphatic rings. The lowest BCUT2D eigenvalue weighted by molar-refractivity contribution is -0.00904. The molecule has 104 valence electrons. The fraction of sp³-hybridized carbons (Fsp3) is 0.667. The second-order valence-corrected chi connectivity index (χ2v) is 5.82. The van der Waals surface area contributed by atoms with Crippen molar-refractivity contribution >= 4 is 27.7 Å². The standard InChI is InChI=1S/C12H18BrN5O/c13-8-7-15-12(17-14)16-11(8)18-5-6-19-10-4-2-1-3-9(10)18/h7,9-10H,1-6,14H2,(H,15,16,17). The number of hydrogen-bond acceptors (Lipinski definition) is 6. The Morgan fingerprint density at radius 2 is 2.26 bits per heavy atom. The van der Waals surface area contributed by atoms with E-state index in [1.807, 2.05) is 0 Å². The summed E-state index contributed by atoms with van der Waals surface area (Å²) in [4.78, 5) is 10.9. The molecule has 2 heterocycles. The minimum Gasteiger partial charge on any atom is -0.374 e. The molecule has 0 amide bonds. The fourth-order valence-corrected chi connectivity index (χ4v) is 3.41. The van der Waals surface area contributed by atoms with Crippen LogP contribution in [0.15, 0.2) is 10.7 Å². The van der Waals surface area contributed by atoms with Gasteiger partial charge in [0.1, 0.15) is 5.82 Å². The van der Waals surface area contributed by atoms with Crippen molar-refractivity contribution in [3.05, 3.63) is 10.7 Å². The quantitative estimate of drug-likeness (QED) is 0.635. The maximum Gasteiger partial charge on any atom is 0.239 e. The molecule has 2 unspecified atom stereocenters. The number of fused-ring (bicyclic) bond motifs is 1. The summed E-state index contributed by atoms with van der Waals surface area (Å²) in [6.45, 7) is 1.61. The number of rotatable bonds is 2. The van der Waals surface area contributed by atoms with Crippen LogP contribution in [-0.4, -0.2) is 35.3 Å². The lowest BCUT2D eigenvalue weighted by Gasteiger charge is -2.44. The number of halogens is 1. The molecule has 7 heteroatoms. The largest absolute Gasteiger partial charge is 0.374 e. The zero-order valence-electron chi connectivity index (χ0n) is 10.7. The Balaban J connectivity index is 1.91. The maximum absolute atomic E-state index is 5.89. The number of nitrogens with zero attached hydrogens (tertiary/aromatic N) is 3. The molecule has 19 heavy (non-hydrogen) atoms. The van der Waals surface area contributed by atoms with E-state index in [0.717, 1.165) is 36.3 Å². The summed E-state index contributed by atoms with van der Waals surface area (Å²) in [5, 5.41) is 0. The topological polar surface area (TPSA) is 76.3 Å². The number of anilines is 2. The highest BCUT2D eigenvalue weighted by Crippen LogP contribution is 2.34. The van der Waals surface area contributed by atoms with Gasteiger partial charge in [0.2, 0.25) is 5.95 Å². The molecule has 1 aliphatic heterocycles. The molecule has 3 N–H and O–H groups in total. The number of morpholine rings is 1. The van der Waals surface area contributed by atoms with Crippen molar-refractivity contribution in [3.8, 4) is 0 Å². The molecule has 3 rings (SSSR count). The molecule has 6 nitrogen and oxygen atoms in total. The number of nitrogens with one attached hydrogen (secondary N) is 1. The van der Waals surface area contributed by atoms with Crippen LogP contribution in [-0.2, 0) is 4.74 Å². The first-order valence-corrected chi connectivity index (χ1v) is 7.46. The van der Waals surface area contributed by atoms with Crippen molar-refractivity contribution in [2.45, 2.75) is 37.8 Å². The van der Waals surface area contributed by atoms with Crippen LogP contribution in [0, 0.1) is 0 Å². The molecule has 2 atom stereocenters. The molecular formula is C12H18BrN5O. The molecule has 1 aromatic rings. The number of ether oxygens (including phenoxy) is 1. The highest BCUT2D eigenvalue weighted by Gasteiger charge is 2.35. The van der Waals surface area contributed by atoms with E-state index < -0.39 is 0 Å². The fourth-order valence-electron chi connectivity index (χ4n) is 2.99. The van der Waals surface area contributed by atoms with Gasteiger partial charge in [-0.15, -0.1) is 0 Å². The van der Waals surface area contributed by atoms with E-state index in [-0.39, 0.29) is 0 Å². The van der Waals surface area contributed by atoms with Crippen LogP contribution >= 0.6 is 15.9 Å². The Labute approximate surface area is 120 Å². The van der Waals surface area contributed by atoms with Crippen molar-refractivity contribution in [2.75, 3.05) is 23.5 Å². The van der Waals surface area contributed by atoms with Crippen molar-refractivity contribution in [1.29, 1.82) is 0 Å². The van der Waals surface area contributed by atoms with Gasteiger partial charge in [0.15, 0.2) is 0 Å². The minimum absolute atomic E-state index is 0.332. The zero-order chi connectivity index (χ0) is 13.2. The van der Waals surface area contributed by atoms with Crippen LogP contribution in [0.1, 0.15) is 25.7 Å². The van der Waals surface area contributed by atoms with Crippen LogP contribution in [0.25, 0.3) is 0 Å². The first-order chi connectivity index (χ1) is 9.29. The van der Waals surface area contributed by atoms with Gasteiger partial charge in [-0.2, -0.15) is 4.98 Å². The molecule has 1 saturated carbocycles. The van der Waals surface area contributed by atoms with Gasteiger partial charge < -0.3 is 9.64 Å². The summed E-state index contributed by atoms with van der Waals surface area (Å²) in [6, 6.07) is 0.416. The normalized spacial score (nSPS) is 26.9. The van der Waals surface area contributed by atoms with Crippen molar-refractivity contribution in [1.82, 2.24) is 9.97 Å². The predicted molar refractivity (Wildman–Crippen MR) is 76.9 cm³/mol. The number of hydrazine groups is 1. The highest BCUT2D eigenvalue weighted by molar-refractivity contribution is 9.10. The van der Waals surface area contributed by atoms with Gasteiger partial charge >= 0.3 is 0 Å². The van der Waals surface area contributed by atoms with Gasteiger partial charge in [-0.3, -0.25) is 5.43 Å². The predicted octanol–water partition coefficient (Wildman–Crippen LogP) is 1.67. The molecule has 0 bridgehead atoms. The van der Waals surface area contributed by atoms with E-state index in [4.69, 9.17) is 10.6 Å². The second-order valence-electron chi connectivity index (χ2n) is 4.96. The summed E-state index contributed by atoms with van der Waals surface area (Å²) in [5.74, 6) is 6.74. The number of nitrogens with two attached hydrogens (primary N) is 1. The van der Waals surface area contributed by atoms with Gasteiger partial charge in [0.25, 0.3) is 0 Å². The van der Waals surface area contributed by atoms with Crippen LogP contribution in [0.3, 0.4) is 0 Å². The summed E-state index contributed by atoms with van der Waals surface area (Å²) in [5.41, 5.74) is 2.50. The molecule has 1 saturated heterocycles. The van der Waals surface area contributed by atoms with Gasteiger partial charge in [-0.05, 0) is 28.8 Å². The van der Waals surface area contributed by atoms with Crippen molar-refractivity contribution < 1.29 is 4.74 Å². The number of aromatic nitrogens is 2. The van der Waals surface area contributed by atoms with E-state index in [0.29, 0.717) is 18.1 Å². The van der Waals surface area contributed by atoms with E-state index in [1.54, 1.807) is 6.20 Å². The molecule has 1 aromatic heterocycles. The molecule has 1 aliphatic carbocycles. The molecule has 2 fully saturated rings. The van der Waals surface area contributed by atoms with E-state index in [1.165, 1.54) is 12.8 Å². The van der Waals surface area contributed by atoms with Crippen LogP contribution < -0.4 is 16.2 Å². The average Bonchev–Trinajstić information content (AvgIpc) is 2.47. The Hall–Kier alpha value is -0.920. The Kier molecular flexibility index (Phi) is 3.86. The number of nitrogen functional groups attached to an aromatic ring is 1. The highest BCUT2D eigenvalue weighted by atomic mass is 79.9. The molecular weight excluding hydrogens is 310 g/mol. The van der Waals surface area contributed by atoms with Gasteiger partial charge in [-0.1, -0.05) is 12.8 Å². The zero-order valence-corrected chi connectivity index (χ0v) is 12.3. The lowest BCUT2D eigenvalue weighted by Crippen LogP contribution is -2.53. The third kappa shape index (κ3) is 2.54.